The van der Waals surface area contributed by atoms with Crippen LogP contribution < -0.4 is 15.0 Å². The summed E-state index contributed by atoms with van der Waals surface area (Å²) in [7, 11) is 1.34. The Morgan fingerprint density at radius 2 is 2.07 bits per heavy atom. The summed E-state index contributed by atoms with van der Waals surface area (Å²) < 4.78 is 11.1. The Hall–Kier alpha value is -2.90. The van der Waals surface area contributed by atoms with Crippen LogP contribution in [0.2, 0.25) is 5.02 Å². The van der Waals surface area contributed by atoms with Gasteiger partial charge in [0.2, 0.25) is 0 Å². The van der Waals surface area contributed by atoms with Crippen LogP contribution in [0.5, 0.6) is 11.5 Å². The van der Waals surface area contributed by atoms with Gasteiger partial charge in [-0.2, -0.15) is 0 Å². The molecule has 4 rings (SSSR count). The molecule has 2 heterocycles. The van der Waals surface area contributed by atoms with Gasteiger partial charge in [-0.1, -0.05) is 29.8 Å². The van der Waals surface area contributed by atoms with Crippen molar-refractivity contribution in [1.82, 2.24) is 0 Å². The number of phenolic OH excluding ortho intramolecular Hbond substituents is 1. The number of halogens is 1. The first kappa shape index (κ1) is 19.4. The summed E-state index contributed by atoms with van der Waals surface area (Å²) in [4.78, 5) is 14.7. The van der Waals surface area contributed by atoms with Crippen LogP contribution >= 0.6 is 22.9 Å². The Morgan fingerprint density at radius 3 is 2.83 bits per heavy atom. The molecule has 0 radical (unpaired) electrons. The summed E-state index contributed by atoms with van der Waals surface area (Å²) in [6, 6.07) is 14.4. The van der Waals surface area contributed by atoms with E-state index in [-0.39, 0.29) is 11.9 Å². The molecule has 0 unspecified atom stereocenters. The first-order valence-corrected chi connectivity index (χ1v) is 10.1. The molecule has 3 aromatic rings. The molecule has 0 saturated carbocycles. The van der Waals surface area contributed by atoms with Gasteiger partial charge in [-0.25, -0.2) is 4.79 Å². The number of aromatic hydroxyl groups is 1. The zero-order valence-electron chi connectivity index (χ0n) is 15.8. The summed E-state index contributed by atoms with van der Waals surface area (Å²) in [5, 5.41) is 14.5. The average Bonchev–Trinajstić information content (AvgIpc) is 3.31. The smallest absolute Gasteiger partial charge is 0.351 e. The minimum Gasteiger partial charge on any atom is -0.508 e. The maximum Gasteiger partial charge on any atom is 0.351 e. The monoisotopic (exact) mass is 430 g/mol. The lowest BCUT2D eigenvalue weighted by molar-refractivity contribution is 0.0600. The number of nitrogens with zero attached hydrogens (tertiary/aromatic N) is 1. The fourth-order valence-corrected chi connectivity index (χ4v) is 4.53. The van der Waals surface area contributed by atoms with Crippen molar-refractivity contribution in [2.24, 2.45) is 0 Å². The standard InChI is InChI=1S/C21H19ClN2O4S/c1-12(14-5-3-4-6-15(14)22)28-18-10-19(29-20(18)21(26)27-2)24-11-23-16-8-7-13(25)9-17(16)24/h3-10,12,23,25H,11H2,1-2H3/t12-/m1/s1. The van der Waals surface area contributed by atoms with Gasteiger partial charge in [0.05, 0.1) is 25.2 Å². The lowest BCUT2D eigenvalue weighted by Crippen LogP contribution is -2.15. The van der Waals surface area contributed by atoms with Gasteiger partial charge < -0.3 is 24.8 Å². The van der Waals surface area contributed by atoms with E-state index < -0.39 is 5.97 Å². The Balaban J connectivity index is 1.69. The predicted molar refractivity (Wildman–Crippen MR) is 115 cm³/mol. The maximum absolute atomic E-state index is 12.4. The second kappa shape index (κ2) is 7.85. The number of hydrogen-bond donors (Lipinski definition) is 2. The lowest BCUT2D eigenvalue weighted by atomic mass is 10.1. The molecule has 1 aliphatic heterocycles. The number of carbonyl (C=O) groups excluding carboxylic acids is 1. The van der Waals surface area contributed by atoms with E-state index in [4.69, 9.17) is 21.1 Å². The van der Waals surface area contributed by atoms with Crippen LogP contribution in [-0.4, -0.2) is 24.9 Å². The van der Waals surface area contributed by atoms with Crippen molar-refractivity contribution < 1.29 is 19.4 Å². The van der Waals surface area contributed by atoms with Crippen molar-refractivity contribution in [3.8, 4) is 11.5 Å². The van der Waals surface area contributed by atoms with Crippen molar-refractivity contribution in [3.05, 3.63) is 64.0 Å². The highest BCUT2D eigenvalue weighted by Gasteiger charge is 2.27. The van der Waals surface area contributed by atoms with E-state index in [1.54, 1.807) is 18.2 Å². The minimum atomic E-state index is -0.467. The molecule has 29 heavy (non-hydrogen) atoms. The molecule has 0 aliphatic carbocycles. The number of nitrogens with one attached hydrogen (secondary N) is 1. The van der Waals surface area contributed by atoms with Gasteiger partial charge in [-0.3, -0.25) is 0 Å². The number of anilines is 3. The number of benzene rings is 2. The number of thiophene rings is 1. The van der Waals surface area contributed by atoms with Gasteiger partial charge in [0, 0.05) is 22.7 Å². The van der Waals surface area contributed by atoms with Crippen molar-refractivity contribution in [1.29, 1.82) is 0 Å². The molecule has 0 fully saturated rings. The largest absolute Gasteiger partial charge is 0.508 e. The summed E-state index contributed by atoms with van der Waals surface area (Å²) in [6.45, 7) is 2.39. The van der Waals surface area contributed by atoms with Crippen LogP contribution in [0.25, 0.3) is 0 Å². The number of phenols is 1. The molecule has 2 N–H and O–H groups in total. The summed E-state index contributed by atoms with van der Waals surface area (Å²) in [5.74, 6) is 0.134. The zero-order chi connectivity index (χ0) is 20.5. The number of hydrogen-bond acceptors (Lipinski definition) is 7. The highest BCUT2D eigenvalue weighted by molar-refractivity contribution is 7.18. The third-order valence-corrected chi connectivity index (χ3v) is 6.13. The number of methoxy groups -OCH3 is 1. The maximum atomic E-state index is 12.4. The van der Waals surface area contributed by atoms with Crippen LogP contribution in [0, 0.1) is 0 Å². The molecule has 0 saturated heterocycles. The van der Waals surface area contributed by atoms with Crippen LogP contribution in [-0.2, 0) is 4.74 Å². The van der Waals surface area contributed by atoms with Gasteiger partial charge in [0.15, 0.2) is 4.88 Å². The van der Waals surface area contributed by atoms with Gasteiger partial charge >= 0.3 is 5.97 Å². The molecule has 0 spiro atoms. The normalized spacial score (nSPS) is 13.6. The SMILES string of the molecule is COC(=O)c1sc(N2CNc3ccc(O)cc32)cc1O[C@H](C)c1ccccc1Cl. The quantitative estimate of drug-likeness (QED) is 0.408. The summed E-state index contributed by atoms with van der Waals surface area (Å²) in [6.07, 6.45) is -0.359. The van der Waals surface area contributed by atoms with E-state index in [1.165, 1.54) is 18.4 Å². The summed E-state index contributed by atoms with van der Waals surface area (Å²) >= 11 is 7.56. The van der Waals surface area contributed by atoms with Crippen molar-refractivity contribution in [3.63, 3.8) is 0 Å². The number of rotatable bonds is 5. The molecular formula is C21H19ClN2O4S. The number of esters is 1. The molecule has 1 aromatic heterocycles. The first-order chi connectivity index (χ1) is 14.0. The average molecular weight is 431 g/mol. The molecule has 150 valence electrons. The second-order valence-electron chi connectivity index (χ2n) is 6.52. The van der Waals surface area contributed by atoms with Crippen LogP contribution in [0.15, 0.2) is 48.5 Å². The van der Waals surface area contributed by atoms with E-state index in [1.807, 2.05) is 42.2 Å². The lowest BCUT2D eigenvalue weighted by Gasteiger charge is -2.17. The van der Waals surface area contributed by atoms with Gasteiger partial charge in [-0.05, 0) is 25.1 Å². The van der Waals surface area contributed by atoms with E-state index in [0.717, 1.165) is 21.9 Å². The molecule has 6 nitrogen and oxygen atoms in total. The molecule has 0 bridgehead atoms. The van der Waals surface area contributed by atoms with E-state index in [2.05, 4.69) is 5.32 Å². The van der Waals surface area contributed by atoms with Crippen molar-refractivity contribution in [2.75, 3.05) is 24.0 Å². The Morgan fingerprint density at radius 1 is 1.28 bits per heavy atom. The molecule has 2 aromatic carbocycles. The second-order valence-corrected chi connectivity index (χ2v) is 7.95. The first-order valence-electron chi connectivity index (χ1n) is 8.95. The molecule has 1 aliphatic rings. The van der Waals surface area contributed by atoms with Gasteiger partial charge in [0.1, 0.15) is 22.6 Å². The Kier molecular flexibility index (Phi) is 5.25. The predicted octanol–water partition coefficient (Wildman–Crippen LogP) is 5.55. The van der Waals surface area contributed by atoms with E-state index in [0.29, 0.717) is 22.3 Å². The zero-order valence-corrected chi connectivity index (χ0v) is 17.4. The Labute approximate surface area is 177 Å². The molecule has 1 atom stereocenters. The molecular weight excluding hydrogens is 412 g/mol. The van der Waals surface area contributed by atoms with E-state index >= 15 is 0 Å². The van der Waals surface area contributed by atoms with E-state index in [9.17, 15) is 9.90 Å². The minimum absolute atomic E-state index is 0.172. The van der Waals surface area contributed by atoms with Crippen molar-refractivity contribution in [2.45, 2.75) is 13.0 Å². The van der Waals surface area contributed by atoms with Gasteiger partial charge in [-0.15, -0.1) is 11.3 Å². The van der Waals surface area contributed by atoms with Crippen LogP contribution in [0.3, 0.4) is 0 Å². The topological polar surface area (TPSA) is 71.0 Å². The third kappa shape index (κ3) is 3.71. The number of ether oxygens (including phenoxy) is 2. The third-order valence-electron chi connectivity index (χ3n) is 4.67. The summed E-state index contributed by atoms with van der Waals surface area (Å²) in [5.41, 5.74) is 2.56. The Bertz CT molecular complexity index is 1070. The molecule has 0 amide bonds. The number of carbonyl (C=O) groups is 1. The molecule has 8 heteroatoms. The fraction of sp³-hybridized carbons (Fsp3) is 0.190. The highest BCUT2D eigenvalue weighted by Crippen LogP contribution is 2.45. The number of fused-ring (bicyclic) bond motifs is 1. The van der Waals surface area contributed by atoms with Crippen LogP contribution in [0.4, 0.5) is 16.4 Å². The van der Waals surface area contributed by atoms with Gasteiger partial charge in [0.25, 0.3) is 0 Å². The van der Waals surface area contributed by atoms with Crippen molar-refractivity contribution >= 4 is 45.3 Å². The van der Waals surface area contributed by atoms with Crippen LogP contribution in [0.1, 0.15) is 28.3 Å². The highest BCUT2D eigenvalue weighted by atomic mass is 35.5. The fourth-order valence-electron chi connectivity index (χ4n) is 3.22.